The van der Waals surface area contributed by atoms with Gasteiger partial charge >= 0.3 is 0 Å². The molecule has 0 aliphatic carbocycles. The minimum absolute atomic E-state index is 0.0798. The Bertz CT molecular complexity index is 1040. The van der Waals surface area contributed by atoms with E-state index < -0.39 is 6.10 Å². The highest BCUT2D eigenvalue weighted by Gasteiger charge is 2.26. The molecule has 3 aromatic rings. The average molecular weight is 469 g/mol. The second-order valence-corrected chi connectivity index (χ2v) is 9.02. The average Bonchev–Trinajstić information content (AvgIpc) is 3.23. The Morgan fingerprint density at radius 2 is 1.69 bits per heavy atom. The molecule has 0 spiro atoms. The fraction of sp³-hybridized carbons (Fsp3) is 0.269. The Morgan fingerprint density at radius 3 is 2.44 bits per heavy atom. The van der Waals surface area contributed by atoms with Crippen LogP contribution in [0.2, 0.25) is 10.0 Å². The number of nitrogens with zero attached hydrogens (tertiary/aromatic N) is 2. The number of oxime groups is 1. The Balaban J connectivity index is 1.41. The van der Waals surface area contributed by atoms with E-state index in [1.807, 2.05) is 78.9 Å². The van der Waals surface area contributed by atoms with Crippen molar-refractivity contribution < 1.29 is 9.94 Å². The molecule has 0 fully saturated rings. The summed E-state index contributed by atoms with van der Waals surface area (Å²) in [5, 5.41) is 16.5. The zero-order valence-corrected chi connectivity index (χ0v) is 19.2. The molecule has 166 valence electrons. The molecule has 1 aliphatic heterocycles. The predicted molar refractivity (Wildman–Crippen MR) is 130 cm³/mol. The number of rotatable bonds is 9. The summed E-state index contributed by atoms with van der Waals surface area (Å²) >= 11 is 12.2. The number of aliphatic hydroxyl groups is 1. The molecule has 3 aromatic carbocycles. The van der Waals surface area contributed by atoms with Crippen LogP contribution in [0.1, 0.15) is 23.1 Å². The molecule has 0 aromatic heterocycles. The molecule has 1 heterocycles. The topological polar surface area (TPSA) is 45.1 Å². The third-order valence-electron chi connectivity index (χ3n) is 5.45. The fourth-order valence-electron chi connectivity index (χ4n) is 3.97. The third-order valence-corrected chi connectivity index (χ3v) is 5.94. The van der Waals surface area contributed by atoms with Crippen LogP contribution in [0.15, 0.2) is 84.0 Å². The number of benzene rings is 3. The van der Waals surface area contributed by atoms with Gasteiger partial charge in [0.15, 0.2) is 0 Å². The molecule has 32 heavy (non-hydrogen) atoms. The quantitative estimate of drug-likeness (QED) is 0.444. The van der Waals surface area contributed by atoms with Crippen LogP contribution in [-0.4, -0.2) is 41.0 Å². The molecule has 0 amide bonds. The van der Waals surface area contributed by atoms with Crippen molar-refractivity contribution in [2.75, 3.05) is 13.1 Å². The lowest BCUT2D eigenvalue weighted by Gasteiger charge is -2.27. The summed E-state index contributed by atoms with van der Waals surface area (Å²) in [6.07, 6.45) is 0.742. The van der Waals surface area contributed by atoms with Crippen molar-refractivity contribution >= 4 is 28.9 Å². The summed E-state index contributed by atoms with van der Waals surface area (Å²) in [5.41, 5.74) is 4.15. The van der Waals surface area contributed by atoms with E-state index in [2.05, 4.69) is 10.1 Å². The largest absolute Gasteiger partial charge is 0.391 e. The second-order valence-electron chi connectivity index (χ2n) is 8.14. The van der Waals surface area contributed by atoms with Crippen molar-refractivity contribution in [3.05, 3.63) is 106 Å². The van der Waals surface area contributed by atoms with Gasteiger partial charge in [0, 0.05) is 36.1 Å². The first-order chi connectivity index (χ1) is 15.5. The van der Waals surface area contributed by atoms with Gasteiger partial charge in [-0.3, -0.25) is 4.90 Å². The van der Waals surface area contributed by atoms with Crippen LogP contribution in [0.25, 0.3) is 0 Å². The van der Waals surface area contributed by atoms with E-state index in [1.165, 1.54) is 0 Å². The summed E-state index contributed by atoms with van der Waals surface area (Å²) in [6.45, 7) is 1.85. The molecule has 1 N–H and O–H groups in total. The Morgan fingerprint density at radius 1 is 0.938 bits per heavy atom. The predicted octanol–water partition coefficient (Wildman–Crippen LogP) is 5.59. The molecule has 2 unspecified atom stereocenters. The van der Waals surface area contributed by atoms with E-state index in [9.17, 15) is 5.11 Å². The second kappa shape index (κ2) is 11.0. The molecule has 0 saturated carbocycles. The van der Waals surface area contributed by atoms with Gasteiger partial charge in [0.1, 0.15) is 6.10 Å². The van der Waals surface area contributed by atoms with E-state index in [4.69, 9.17) is 28.0 Å². The minimum Gasteiger partial charge on any atom is -0.391 e. The molecule has 0 radical (unpaired) electrons. The van der Waals surface area contributed by atoms with E-state index >= 15 is 0 Å². The highest BCUT2D eigenvalue weighted by molar-refractivity contribution is 6.31. The van der Waals surface area contributed by atoms with Crippen molar-refractivity contribution in [1.29, 1.82) is 0 Å². The normalized spacial score (nSPS) is 16.6. The van der Waals surface area contributed by atoms with Crippen LogP contribution >= 0.6 is 23.2 Å². The summed E-state index contributed by atoms with van der Waals surface area (Å²) in [4.78, 5) is 7.96. The lowest BCUT2D eigenvalue weighted by Crippen LogP contribution is -2.38. The van der Waals surface area contributed by atoms with E-state index in [1.54, 1.807) is 0 Å². The number of hydrogen-bond acceptors (Lipinski definition) is 4. The summed E-state index contributed by atoms with van der Waals surface area (Å²) in [5.74, 6) is 0. The molecule has 0 bridgehead atoms. The molecule has 4 rings (SSSR count). The fourth-order valence-corrected chi connectivity index (χ4v) is 4.31. The van der Waals surface area contributed by atoms with Crippen molar-refractivity contribution in [2.24, 2.45) is 5.16 Å². The van der Waals surface area contributed by atoms with Gasteiger partial charge in [-0.2, -0.15) is 0 Å². The third kappa shape index (κ3) is 6.57. The van der Waals surface area contributed by atoms with E-state index in [-0.39, 0.29) is 6.10 Å². The van der Waals surface area contributed by atoms with Gasteiger partial charge in [0.25, 0.3) is 0 Å². The lowest BCUT2D eigenvalue weighted by molar-refractivity contribution is 0.0322. The van der Waals surface area contributed by atoms with Gasteiger partial charge in [-0.05, 0) is 47.4 Å². The summed E-state index contributed by atoms with van der Waals surface area (Å²) in [7, 11) is 0. The van der Waals surface area contributed by atoms with Gasteiger partial charge in [-0.1, -0.05) is 83.0 Å². The first-order valence-electron chi connectivity index (χ1n) is 10.7. The SMILES string of the molecule is OC(Cc1ccccc1)CN(Cc1cccc(Cl)c1)CC1CC(c2ccc(Cl)cc2)=NO1. The summed E-state index contributed by atoms with van der Waals surface area (Å²) < 4.78 is 0. The van der Waals surface area contributed by atoms with Crippen molar-refractivity contribution in [1.82, 2.24) is 4.90 Å². The number of aliphatic hydroxyl groups excluding tert-OH is 1. The first-order valence-corrected chi connectivity index (χ1v) is 11.5. The lowest BCUT2D eigenvalue weighted by atomic mass is 10.0. The maximum absolute atomic E-state index is 10.8. The van der Waals surface area contributed by atoms with Crippen molar-refractivity contribution in [3.63, 3.8) is 0 Å². The van der Waals surface area contributed by atoms with Crippen LogP contribution in [0, 0.1) is 0 Å². The van der Waals surface area contributed by atoms with Crippen molar-refractivity contribution in [3.8, 4) is 0 Å². The highest BCUT2D eigenvalue weighted by atomic mass is 35.5. The first kappa shape index (κ1) is 22.8. The zero-order valence-electron chi connectivity index (χ0n) is 17.7. The van der Waals surface area contributed by atoms with Crippen LogP contribution in [0.4, 0.5) is 0 Å². The van der Waals surface area contributed by atoms with Gasteiger partial charge < -0.3 is 9.94 Å². The van der Waals surface area contributed by atoms with Crippen LogP contribution in [-0.2, 0) is 17.8 Å². The molecule has 0 saturated heterocycles. The van der Waals surface area contributed by atoms with Gasteiger partial charge in [-0.25, -0.2) is 0 Å². The Hall–Kier alpha value is -2.37. The van der Waals surface area contributed by atoms with Gasteiger partial charge in [0.05, 0.1) is 11.8 Å². The maximum atomic E-state index is 10.8. The van der Waals surface area contributed by atoms with Crippen LogP contribution in [0.3, 0.4) is 0 Å². The zero-order chi connectivity index (χ0) is 22.3. The molecular weight excluding hydrogens is 443 g/mol. The Labute approximate surface area is 199 Å². The van der Waals surface area contributed by atoms with E-state index in [0.29, 0.717) is 42.5 Å². The number of hydrogen-bond donors (Lipinski definition) is 1. The van der Waals surface area contributed by atoms with Crippen LogP contribution in [0.5, 0.6) is 0 Å². The number of halogens is 2. The van der Waals surface area contributed by atoms with Crippen LogP contribution < -0.4 is 0 Å². The van der Waals surface area contributed by atoms with Gasteiger partial charge in [-0.15, -0.1) is 0 Å². The maximum Gasteiger partial charge on any atom is 0.145 e. The van der Waals surface area contributed by atoms with Gasteiger partial charge in [0.2, 0.25) is 0 Å². The Kier molecular flexibility index (Phi) is 7.82. The smallest absolute Gasteiger partial charge is 0.145 e. The molecular formula is C26H26Cl2N2O2. The van der Waals surface area contributed by atoms with E-state index in [0.717, 1.165) is 22.4 Å². The molecule has 6 heteroatoms. The highest BCUT2D eigenvalue weighted by Crippen LogP contribution is 2.21. The molecule has 1 aliphatic rings. The summed E-state index contributed by atoms with van der Waals surface area (Å²) in [6, 6.07) is 25.5. The minimum atomic E-state index is -0.491. The molecule has 2 atom stereocenters. The van der Waals surface area contributed by atoms with Crippen molar-refractivity contribution in [2.45, 2.75) is 31.6 Å². The monoisotopic (exact) mass is 468 g/mol. The standard InChI is InChI=1S/C26H26Cl2N2O2/c27-22-11-9-21(10-12-22)26-15-25(32-29-26)18-30(16-20-7-4-8-23(28)13-20)17-24(31)14-19-5-2-1-3-6-19/h1-13,24-25,31H,14-18H2. The molecule has 4 nitrogen and oxygen atoms in total.